The maximum atomic E-state index is 5.96. The lowest BCUT2D eigenvalue weighted by atomic mass is 10.1. The molecular weight excluding hydrogens is 358 g/mol. The summed E-state index contributed by atoms with van der Waals surface area (Å²) in [6, 6.07) is 24.2. The van der Waals surface area contributed by atoms with Crippen LogP contribution in [0.3, 0.4) is 0 Å². The fourth-order valence-corrected chi connectivity index (χ4v) is 3.54. The van der Waals surface area contributed by atoms with Gasteiger partial charge in [0.25, 0.3) is 6.29 Å². The number of hydrogen-bond acceptors (Lipinski definition) is 5. The number of fused-ring (bicyclic) bond motifs is 1. The monoisotopic (exact) mass is 379 g/mol. The largest absolute Gasteiger partial charge is 0.497 e. The average Bonchev–Trinajstić information content (AvgIpc) is 3.16. The molecule has 1 unspecified atom stereocenters. The van der Waals surface area contributed by atoms with E-state index in [0.29, 0.717) is 0 Å². The van der Waals surface area contributed by atoms with Crippen LogP contribution in [-0.4, -0.2) is 13.7 Å². The van der Waals surface area contributed by atoms with E-state index < -0.39 is 0 Å². The van der Waals surface area contributed by atoms with Crippen LogP contribution in [0.15, 0.2) is 77.7 Å². The summed E-state index contributed by atoms with van der Waals surface area (Å²) in [6.45, 7) is 0.873. The molecule has 0 radical (unpaired) electrons. The van der Waals surface area contributed by atoms with Gasteiger partial charge in [-0.05, 0) is 54.3 Å². The Balaban J connectivity index is 1.29. The Kier molecular flexibility index (Phi) is 5.51. The molecule has 3 aromatic rings. The Bertz CT molecular complexity index is 884. The molecule has 3 aromatic carbocycles. The second kappa shape index (κ2) is 8.37. The molecule has 5 heteroatoms. The lowest BCUT2D eigenvalue weighted by Gasteiger charge is -2.09. The SMILES string of the molecule is COc1ccc(CCNSc2ccc3c(c2)OC(c2ccccc2)O3)cc1. The summed E-state index contributed by atoms with van der Waals surface area (Å²) in [4.78, 5) is 1.10. The standard InChI is InChI=1S/C22H21NO3S/c1-24-18-9-7-16(8-10-18)13-14-23-27-19-11-12-20-21(15-19)26-22(25-20)17-5-3-2-4-6-17/h2-12,15,22-23H,13-14H2,1H3. The summed E-state index contributed by atoms with van der Waals surface area (Å²) in [6.07, 6.45) is 0.585. The minimum absolute atomic E-state index is 0.371. The zero-order chi connectivity index (χ0) is 18.5. The van der Waals surface area contributed by atoms with Crippen LogP contribution >= 0.6 is 11.9 Å². The highest BCUT2D eigenvalue weighted by molar-refractivity contribution is 7.97. The molecule has 1 N–H and O–H groups in total. The van der Waals surface area contributed by atoms with Crippen molar-refractivity contribution in [2.45, 2.75) is 17.6 Å². The lowest BCUT2D eigenvalue weighted by molar-refractivity contribution is 0.0487. The van der Waals surface area contributed by atoms with Crippen LogP contribution in [0.5, 0.6) is 17.2 Å². The number of hydrogen-bond donors (Lipinski definition) is 1. The molecule has 4 nitrogen and oxygen atoms in total. The second-order valence-electron chi connectivity index (χ2n) is 6.18. The van der Waals surface area contributed by atoms with Crippen molar-refractivity contribution in [3.8, 4) is 17.2 Å². The first-order valence-corrected chi connectivity index (χ1v) is 9.68. The molecule has 0 aromatic heterocycles. The molecule has 138 valence electrons. The Morgan fingerprint density at radius 3 is 2.48 bits per heavy atom. The molecule has 1 aliphatic heterocycles. The van der Waals surface area contributed by atoms with E-state index in [1.807, 2.05) is 60.7 Å². The van der Waals surface area contributed by atoms with Crippen molar-refractivity contribution in [2.75, 3.05) is 13.7 Å². The van der Waals surface area contributed by atoms with E-state index in [9.17, 15) is 0 Å². The van der Waals surface area contributed by atoms with Gasteiger partial charge in [-0.2, -0.15) is 0 Å². The normalized spacial score (nSPS) is 14.9. The first kappa shape index (κ1) is 17.8. The average molecular weight is 379 g/mol. The number of benzene rings is 3. The van der Waals surface area contributed by atoms with Crippen LogP contribution in [0.25, 0.3) is 0 Å². The van der Waals surface area contributed by atoms with Crippen LogP contribution in [0.2, 0.25) is 0 Å². The molecule has 0 bridgehead atoms. The molecule has 0 saturated carbocycles. The van der Waals surface area contributed by atoms with Gasteiger partial charge >= 0.3 is 0 Å². The van der Waals surface area contributed by atoms with Gasteiger partial charge < -0.3 is 14.2 Å². The molecular formula is C22H21NO3S. The van der Waals surface area contributed by atoms with Gasteiger partial charge in [0.05, 0.1) is 7.11 Å². The minimum Gasteiger partial charge on any atom is -0.497 e. The molecule has 27 heavy (non-hydrogen) atoms. The van der Waals surface area contributed by atoms with Crippen LogP contribution in [0.4, 0.5) is 0 Å². The first-order chi connectivity index (χ1) is 13.3. The predicted octanol–water partition coefficient (Wildman–Crippen LogP) is 5.00. The van der Waals surface area contributed by atoms with Gasteiger partial charge in [0.15, 0.2) is 11.5 Å². The Labute approximate surface area is 163 Å². The third-order valence-electron chi connectivity index (χ3n) is 4.32. The molecule has 0 aliphatic carbocycles. The van der Waals surface area contributed by atoms with Crippen LogP contribution in [0, 0.1) is 0 Å². The highest BCUT2D eigenvalue weighted by atomic mass is 32.2. The third kappa shape index (κ3) is 4.38. The van der Waals surface area contributed by atoms with Crippen molar-refractivity contribution in [1.29, 1.82) is 0 Å². The van der Waals surface area contributed by atoms with Crippen molar-refractivity contribution in [3.05, 3.63) is 83.9 Å². The summed E-state index contributed by atoms with van der Waals surface area (Å²) in [5, 5.41) is 0. The molecule has 1 atom stereocenters. The quantitative estimate of drug-likeness (QED) is 0.462. The van der Waals surface area contributed by atoms with Crippen molar-refractivity contribution in [2.24, 2.45) is 0 Å². The summed E-state index contributed by atoms with van der Waals surface area (Å²) in [5.41, 5.74) is 2.29. The van der Waals surface area contributed by atoms with Crippen molar-refractivity contribution >= 4 is 11.9 Å². The molecule has 1 aliphatic rings. The van der Waals surface area contributed by atoms with Crippen LogP contribution < -0.4 is 18.9 Å². The van der Waals surface area contributed by atoms with E-state index in [4.69, 9.17) is 14.2 Å². The van der Waals surface area contributed by atoms with Crippen molar-refractivity contribution < 1.29 is 14.2 Å². The van der Waals surface area contributed by atoms with Crippen LogP contribution in [-0.2, 0) is 6.42 Å². The van der Waals surface area contributed by atoms with E-state index in [2.05, 4.69) is 16.9 Å². The van der Waals surface area contributed by atoms with Gasteiger partial charge in [-0.1, -0.05) is 42.5 Å². The van der Waals surface area contributed by atoms with Crippen molar-refractivity contribution in [1.82, 2.24) is 4.72 Å². The fraction of sp³-hybridized carbons (Fsp3) is 0.182. The van der Waals surface area contributed by atoms with Gasteiger partial charge in [-0.25, -0.2) is 0 Å². The van der Waals surface area contributed by atoms with Gasteiger partial charge in [-0.15, -0.1) is 0 Å². The van der Waals surface area contributed by atoms with E-state index in [1.165, 1.54) is 5.56 Å². The summed E-state index contributed by atoms with van der Waals surface area (Å²) < 4.78 is 20.4. The number of methoxy groups -OCH3 is 1. The van der Waals surface area contributed by atoms with Crippen LogP contribution in [0.1, 0.15) is 17.4 Å². The number of nitrogens with one attached hydrogen (secondary N) is 1. The predicted molar refractivity (Wildman–Crippen MR) is 107 cm³/mol. The lowest BCUT2D eigenvalue weighted by Crippen LogP contribution is -2.08. The van der Waals surface area contributed by atoms with E-state index in [1.54, 1.807) is 19.1 Å². The summed E-state index contributed by atoms with van der Waals surface area (Å²) in [5.74, 6) is 2.45. The molecule has 4 rings (SSSR count). The fourth-order valence-electron chi connectivity index (χ4n) is 2.86. The number of ether oxygens (including phenoxy) is 3. The minimum atomic E-state index is -0.371. The smallest absolute Gasteiger partial charge is 0.267 e. The third-order valence-corrected chi connectivity index (χ3v) is 5.16. The first-order valence-electron chi connectivity index (χ1n) is 8.87. The zero-order valence-electron chi connectivity index (χ0n) is 15.1. The van der Waals surface area contributed by atoms with Gasteiger partial charge in [0.1, 0.15) is 5.75 Å². The van der Waals surface area contributed by atoms with E-state index in [-0.39, 0.29) is 6.29 Å². The molecule has 0 spiro atoms. The molecule has 0 saturated heterocycles. The zero-order valence-corrected chi connectivity index (χ0v) is 15.9. The molecule has 1 heterocycles. The Morgan fingerprint density at radius 1 is 0.926 bits per heavy atom. The van der Waals surface area contributed by atoms with Gasteiger partial charge in [-0.3, -0.25) is 4.72 Å². The molecule has 0 fully saturated rings. The van der Waals surface area contributed by atoms with Crippen molar-refractivity contribution in [3.63, 3.8) is 0 Å². The molecule has 0 amide bonds. The topological polar surface area (TPSA) is 39.7 Å². The second-order valence-corrected chi connectivity index (χ2v) is 7.15. The Morgan fingerprint density at radius 2 is 1.70 bits per heavy atom. The Hall–Kier alpha value is -2.63. The summed E-state index contributed by atoms with van der Waals surface area (Å²) >= 11 is 1.60. The van der Waals surface area contributed by atoms with E-state index in [0.717, 1.165) is 40.7 Å². The summed E-state index contributed by atoms with van der Waals surface area (Å²) in [7, 11) is 1.68. The number of rotatable bonds is 7. The van der Waals surface area contributed by atoms with E-state index >= 15 is 0 Å². The maximum absolute atomic E-state index is 5.96. The van der Waals surface area contributed by atoms with Gasteiger partial charge in [0, 0.05) is 17.0 Å². The van der Waals surface area contributed by atoms with Gasteiger partial charge in [0.2, 0.25) is 0 Å². The highest BCUT2D eigenvalue weighted by Crippen LogP contribution is 2.42. The maximum Gasteiger partial charge on any atom is 0.267 e. The highest BCUT2D eigenvalue weighted by Gasteiger charge is 2.25.